The van der Waals surface area contributed by atoms with Crippen molar-refractivity contribution in [2.75, 3.05) is 51.4 Å². The third-order valence-corrected chi connectivity index (χ3v) is 6.29. The van der Waals surface area contributed by atoms with Crippen LogP contribution in [0.25, 0.3) is 10.2 Å². The summed E-state index contributed by atoms with van der Waals surface area (Å²) in [6.45, 7) is 3.89. The molecule has 2 aliphatic heterocycles. The van der Waals surface area contributed by atoms with Crippen LogP contribution in [0.1, 0.15) is 10.4 Å². The van der Waals surface area contributed by atoms with Gasteiger partial charge in [-0.3, -0.25) is 4.79 Å². The number of piperazine rings is 1. The number of aromatic nitrogens is 1. The Morgan fingerprint density at radius 3 is 2.62 bits per heavy atom. The Morgan fingerprint density at radius 1 is 1.03 bits per heavy atom. The molecule has 0 bridgehead atoms. The maximum Gasteiger partial charge on any atom is 0.254 e. The van der Waals surface area contributed by atoms with E-state index in [1.807, 2.05) is 35.2 Å². The van der Waals surface area contributed by atoms with E-state index in [2.05, 4.69) is 4.90 Å². The fourth-order valence-corrected chi connectivity index (χ4v) is 4.66. The van der Waals surface area contributed by atoms with Gasteiger partial charge in [-0.05, 0) is 36.4 Å². The number of carbonyl (C=O) groups excluding carboxylic acids is 1. The van der Waals surface area contributed by atoms with Crippen LogP contribution in [0.5, 0.6) is 17.2 Å². The van der Waals surface area contributed by atoms with E-state index in [1.54, 1.807) is 24.5 Å². The first-order chi connectivity index (χ1) is 14.2. The highest BCUT2D eigenvalue weighted by Gasteiger charge is 2.25. The van der Waals surface area contributed by atoms with Gasteiger partial charge in [-0.25, -0.2) is 4.98 Å². The van der Waals surface area contributed by atoms with Crippen LogP contribution in [0, 0.1) is 0 Å². The van der Waals surface area contributed by atoms with Crippen molar-refractivity contribution in [2.45, 2.75) is 0 Å². The van der Waals surface area contributed by atoms with Crippen molar-refractivity contribution in [1.82, 2.24) is 9.88 Å². The Hall–Kier alpha value is -3.00. The molecule has 1 aromatic heterocycles. The zero-order valence-corrected chi connectivity index (χ0v) is 16.9. The summed E-state index contributed by atoms with van der Waals surface area (Å²) < 4.78 is 17.5. The van der Waals surface area contributed by atoms with Crippen LogP contribution >= 0.6 is 11.3 Å². The van der Waals surface area contributed by atoms with Gasteiger partial charge in [0.1, 0.15) is 19.0 Å². The van der Waals surface area contributed by atoms with Gasteiger partial charge in [0.25, 0.3) is 5.91 Å². The summed E-state index contributed by atoms with van der Waals surface area (Å²) in [5.41, 5.74) is 1.61. The van der Waals surface area contributed by atoms with Gasteiger partial charge < -0.3 is 24.0 Å². The van der Waals surface area contributed by atoms with Crippen molar-refractivity contribution in [2.24, 2.45) is 0 Å². The zero-order chi connectivity index (χ0) is 19.8. The SMILES string of the molecule is COc1ccc2nc(N3CCN(C(=O)c4ccc5c(c4)OCCO5)CC3)sc2c1. The average molecular weight is 411 g/mol. The third kappa shape index (κ3) is 3.44. The highest BCUT2D eigenvalue weighted by molar-refractivity contribution is 7.22. The monoisotopic (exact) mass is 411 g/mol. The molecule has 1 amide bonds. The number of hydrogen-bond acceptors (Lipinski definition) is 7. The molecule has 3 aromatic rings. The van der Waals surface area contributed by atoms with Gasteiger partial charge in [-0.15, -0.1) is 0 Å². The van der Waals surface area contributed by atoms with E-state index in [9.17, 15) is 4.79 Å². The van der Waals surface area contributed by atoms with Crippen molar-refractivity contribution in [3.63, 3.8) is 0 Å². The highest BCUT2D eigenvalue weighted by atomic mass is 32.1. The second-order valence-electron chi connectivity index (χ2n) is 6.97. The van der Waals surface area contributed by atoms with E-state index in [-0.39, 0.29) is 5.91 Å². The van der Waals surface area contributed by atoms with Crippen LogP contribution in [0.2, 0.25) is 0 Å². The van der Waals surface area contributed by atoms with E-state index >= 15 is 0 Å². The van der Waals surface area contributed by atoms with Crippen molar-refractivity contribution in [3.05, 3.63) is 42.0 Å². The normalized spacial score (nSPS) is 16.2. The lowest BCUT2D eigenvalue weighted by Gasteiger charge is -2.34. The molecule has 0 N–H and O–H groups in total. The molecule has 29 heavy (non-hydrogen) atoms. The van der Waals surface area contributed by atoms with Gasteiger partial charge in [-0.2, -0.15) is 0 Å². The summed E-state index contributed by atoms with van der Waals surface area (Å²) in [7, 11) is 1.67. The molecule has 0 radical (unpaired) electrons. The summed E-state index contributed by atoms with van der Waals surface area (Å²) in [5.74, 6) is 2.20. The summed E-state index contributed by atoms with van der Waals surface area (Å²) in [6.07, 6.45) is 0. The number of amides is 1. The maximum atomic E-state index is 12.9. The number of fused-ring (bicyclic) bond motifs is 2. The summed E-state index contributed by atoms with van der Waals surface area (Å²) >= 11 is 1.66. The van der Waals surface area contributed by atoms with Crippen LogP contribution in [-0.2, 0) is 0 Å². The van der Waals surface area contributed by atoms with Gasteiger partial charge in [0.2, 0.25) is 0 Å². The largest absolute Gasteiger partial charge is 0.497 e. The van der Waals surface area contributed by atoms with Crippen LogP contribution in [0.3, 0.4) is 0 Å². The zero-order valence-electron chi connectivity index (χ0n) is 16.1. The maximum absolute atomic E-state index is 12.9. The Bertz CT molecular complexity index is 1060. The van der Waals surface area contributed by atoms with E-state index in [4.69, 9.17) is 19.2 Å². The van der Waals surface area contributed by atoms with Crippen LogP contribution in [-0.4, -0.2) is 62.3 Å². The second-order valence-corrected chi connectivity index (χ2v) is 7.98. The molecule has 2 aromatic carbocycles. The number of thiazole rings is 1. The van der Waals surface area contributed by atoms with E-state index < -0.39 is 0 Å². The topological polar surface area (TPSA) is 64.1 Å². The summed E-state index contributed by atoms with van der Waals surface area (Å²) in [5, 5.41) is 0.986. The van der Waals surface area contributed by atoms with Crippen LogP contribution < -0.4 is 19.1 Å². The number of rotatable bonds is 3. The number of nitrogens with zero attached hydrogens (tertiary/aromatic N) is 3. The lowest BCUT2D eigenvalue weighted by Crippen LogP contribution is -2.48. The van der Waals surface area contributed by atoms with E-state index in [1.165, 1.54) is 0 Å². The van der Waals surface area contributed by atoms with E-state index in [0.29, 0.717) is 43.4 Å². The number of ether oxygens (including phenoxy) is 3. The third-order valence-electron chi connectivity index (χ3n) is 5.21. The highest BCUT2D eigenvalue weighted by Crippen LogP contribution is 2.33. The molecule has 3 heterocycles. The molecule has 8 heteroatoms. The molecule has 7 nitrogen and oxygen atoms in total. The molecule has 0 unspecified atom stereocenters. The van der Waals surface area contributed by atoms with Crippen LogP contribution in [0.4, 0.5) is 5.13 Å². The molecule has 0 aliphatic carbocycles. The molecule has 150 valence electrons. The first kappa shape index (κ1) is 18.1. The quantitative estimate of drug-likeness (QED) is 0.660. The van der Waals surface area contributed by atoms with Crippen molar-refractivity contribution < 1.29 is 19.0 Å². The van der Waals surface area contributed by atoms with Gasteiger partial charge in [0, 0.05) is 31.7 Å². The molecule has 0 saturated carbocycles. The molecule has 0 atom stereocenters. The van der Waals surface area contributed by atoms with Crippen molar-refractivity contribution in [3.8, 4) is 17.2 Å². The van der Waals surface area contributed by atoms with Gasteiger partial charge in [0.05, 0.1) is 17.3 Å². The standard InChI is InChI=1S/C21H21N3O4S/c1-26-15-3-4-16-19(13-15)29-21(22-16)24-8-6-23(7-9-24)20(25)14-2-5-17-18(12-14)28-11-10-27-17/h2-5,12-13H,6-11H2,1H3. The van der Waals surface area contributed by atoms with Crippen molar-refractivity contribution >= 4 is 32.6 Å². The number of hydrogen-bond donors (Lipinski definition) is 0. The Labute approximate surface area is 172 Å². The minimum Gasteiger partial charge on any atom is -0.497 e. The minimum absolute atomic E-state index is 0.0238. The number of benzene rings is 2. The molecular weight excluding hydrogens is 390 g/mol. The predicted octanol–water partition coefficient (Wildman–Crippen LogP) is 3.04. The molecule has 1 saturated heterocycles. The Kier molecular flexibility index (Phi) is 4.63. The molecular formula is C21H21N3O4S. The lowest BCUT2D eigenvalue weighted by molar-refractivity contribution is 0.0745. The molecule has 0 spiro atoms. The van der Waals surface area contributed by atoms with Crippen molar-refractivity contribution in [1.29, 1.82) is 0 Å². The van der Waals surface area contributed by atoms with Gasteiger partial charge in [0.15, 0.2) is 16.6 Å². The fraction of sp³-hybridized carbons (Fsp3) is 0.333. The van der Waals surface area contributed by atoms with Crippen LogP contribution in [0.15, 0.2) is 36.4 Å². The van der Waals surface area contributed by atoms with E-state index in [0.717, 1.165) is 34.2 Å². The molecule has 2 aliphatic rings. The Balaban J connectivity index is 1.27. The Morgan fingerprint density at radius 2 is 1.83 bits per heavy atom. The summed E-state index contributed by atoms with van der Waals surface area (Å²) in [6, 6.07) is 11.3. The first-order valence-corrected chi connectivity index (χ1v) is 10.4. The number of anilines is 1. The smallest absolute Gasteiger partial charge is 0.254 e. The molecule has 1 fully saturated rings. The fourth-order valence-electron chi connectivity index (χ4n) is 3.61. The minimum atomic E-state index is 0.0238. The van der Waals surface area contributed by atoms with Gasteiger partial charge in [-0.1, -0.05) is 11.3 Å². The summed E-state index contributed by atoms with van der Waals surface area (Å²) in [4.78, 5) is 21.8. The number of methoxy groups -OCH3 is 1. The van der Waals surface area contributed by atoms with Gasteiger partial charge >= 0.3 is 0 Å². The average Bonchev–Trinajstić information content (AvgIpc) is 3.21. The molecule has 5 rings (SSSR count). The lowest BCUT2D eigenvalue weighted by atomic mass is 10.1. The predicted molar refractivity (Wildman–Crippen MR) is 112 cm³/mol. The first-order valence-electron chi connectivity index (χ1n) is 9.60. The number of carbonyl (C=O) groups is 1. The second kappa shape index (κ2) is 7.44.